The number of aromatic nitrogens is 1. The van der Waals surface area contributed by atoms with E-state index in [2.05, 4.69) is 4.74 Å². The van der Waals surface area contributed by atoms with E-state index in [1.165, 1.54) is 41.2 Å². The molecule has 0 aliphatic rings. The van der Waals surface area contributed by atoms with Gasteiger partial charge in [0.2, 0.25) is 0 Å². The number of ether oxygens (including phenoxy) is 2. The maximum Gasteiger partial charge on any atom is 0.387 e. The van der Waals surface area contributed by atoms with Crippen LogP contribution >= 0.6 is 11.3 Å². The topological polar surface area (TPSA) is 57.5 Å². The Morgan fingerprint density at radius 2 is 1.93 bits per heavy atom. The molecule has 0 amide bonds. The molecule has 0 unspecified atom stereocenters. The Kier molecular flexibility index (Phi) is 6.20. The van der Waals surface area contributed by atoms with Gasteiger partial charge in [-0.05, 0) is 23.8 Å². The first-order chi connectivity index (χ1) is 12.5. The van der Waals surface area contributed by atoms with E-state index >= 15 is 0 Å². The van der Waals surface area contributed by atoms with Gasteiger partial charge in [-0.1, -0.05) is 26.8 Å². The van der Waals surface area contributed by atoms with Gasteiger partial charge < -0.3 is 14.0 Å². The number of carbonyl (C=O) groups excluding carboxylic acids is 1. The second kappa shape index (κ2) is 8.04. The molecule has 0 spiro atoms. The lowest BCUT2D eigenvalue weighted by atomic mass is 9.91. The van der Waals surface area contributed by atoms with E-state index < -0.39 is 12.0 Å². The van der Waals surface area contributed by atoms with Crippen molar-refractivity contribution in [1.82, 2.24) is 4.57 Å². The van der Waals surface area contributed by atoms with Crippen LogP contribution in [-0.4, -0.2) is 24.1 Å². The highest BCUT2D eigenvalue weighted by Gasteiger charge is 2.19. The second-order valence-electron chi connectivity index (χ2n) is 6.86. The summed E-state index contributed by atoms with van der Waals surface area (Å²) in [5.41, 5.74) is -0.210. The van der Waals surface area contributed by atoms with Crippen molar-refractivity contribution in [3.05, 3.63) is 43.3 Å². The fourth-order valence-electron chi connectivity index (χ4n) is 2.15. The van der Waals surface area contributed by atoms with Crippen molar-refractivity contribution in [3.8, 4) is 11.5 Å². The molecule has 0 radical (unpaired) electrons. The largest absolute Gasteiger partial charge is 0.493 e. The maximum atomic E-state index is 12.4. The Hall–Kier alpha value is -2.48. The Morgan fingerprint density at radius 3 is 2.48 bits per heavy atom. The number of carbonyl (C=O) groups is 1. The number of nitrogens with zero attached hydrogens (tertiary/aromatic N) is 1. The molecule has 0 saturated carbocycles. The Morgan fingerprint density at radius 1 is 1.26 bits per heavy atom. The molecule has 0 aliphatic heterocycles. The average Bonchev–Trinajstić information content (AvgIpc) is 2.83. The maximum absolute atomic E-state index is 12.4. The predicted octanol–water partition coefficient (Wildman–Crippen LogP) is 2.28. The van der Waals surface area contributed by atoms with Crippen LogP contribution in [-0.2, 0) is 11.8 Å². The van der Waals surface area contributed by atoms with Gasteiger partial charge in [0, 0.05) is 18.5 Å². The minimum atomic E-state index is -2.96. The molecular weight excluding hydrogens is 376 g/mol. The highest BCUT2D eigenvalue weighted by molar-refractivity contribution is 7.07. The monoisotopic (exact) mass is 397 g/mol. The van der Waals surface area contributed by atoms with Crippen LogP contribution in [0.2, 0.25) is 0 Å². The molecule has 0 saturated heterocycles. The number of ketones is 1. The molecular formula is C19H21F2NO4S. The minimum Gasteiger partial charge on any atom is -0.493 e. The van der Waals surface area contributed by atoms with Crippen LogP contribution in [0.3, 0.4) is 0 Å². The summed E-state index contributed by atoms with van der Waals surface area (Å²) in [4.78, 5) is 24.7. The highest BCUT2D eigenvalue weighted by Crippen LogP contribution is 2.29. The lowest BCUT2D eigenvalue weighted by Gasteiger charge is -2.12. The highest BCUT2D eigenvalue weighted by atomic mass is 32.1. The standard InChI is InChI=1S/C19H21F2NO4S/c1-19(2,3)15(23)10-16-22(4)17(24)14(27-16)9-11-6-7-12(26-18(20)21)13(8-11)25-5/h6-10,18H,1-5H3/b14-9-,16-10-. The number of hydrogen-bond donors (Lipinski definition) is 0. The van der Waals surface area contributed by atoms with E-state index in [4.69, 9.17) is 4.74 Å². The summed E-state index contributed by atoms with van der Waals surface area (Å²) in [5.74, 6) is -0.0401. The van der Waals surface area contributed by atoms with Crippen molar-refractivity contribution in [3.63, 3.8) is 0 Å². The molecule has 146 valence electrons. The molecule has 1 heterocycles. The van der Waals surface area contributed by atoms with E-state index in [0.717, 1.165) is 0 Å². The number of halogens is 2. The van der Waals surface area contributed by atoms with Crippen LogP contribution in [0.4, 0.5) is 8.78 Å². The molecule has 2 aromatic rings. The SMILES string of the molecule is COc1cc(/C=c2\s/c(=C\C(=O)C(C)(C)C)n(C)c2=O)ccc1OC(F)F. The zero-order valence-electron chi connectivity index (χ0n) is 15.7. The van der Waals surface area contributed by atoms with Gasteiger partial charge >= 0.3 is 6.61 Å². The number of benzene rings is 1. The first kappa shape index (κ1) is 20.8. The van der Waals surface area contributed by atoms with E-state index in [1.54, 1.807) is 40.0 Å². The number of Topliss-reactive ketones (excluding diaryl/α,β-unsaturated/α-hetero) is 1. The number of hydrogen-bond acceptors (Lipinski definition) is 5. The van der Waals surface area contributed by atoms with Crippen molar-refractivity contribution < 1.29 is 23.0 Å². The normalized spacial score (nSPS) is 13.3. The summed E-state index contributed by atoms with van der Waals surface area (Å²) in [6.07, 6.45) is 3.07. The number of methoxy groups -OCH3 is 1. The first-order valence-corrected chi connectivity index (χ1v) is 8.91. The minimum absolute atomic E-state index is 0.0823. The molecule has 1 aromatic heterocycles. The lowest BCUT2D eigenvalue weighted by molar-refractivity contribution is -0.120. The van der Waals surface area contributed by atoms with Gasteiger partial charge in [-0.2, -0.15) is 8.78 Å². The molecule has 0 N–H and O–H groups in total. The summed E-state index contributed by atoms with van der Waals surface area (Å²) in [6.45, 7) is 2.45. The molecule has 5 nitrogen and oxygen atoms in total. The molecule has 0 bridgehead atoms. The van der Waals surface area contributed by atoms with Crippen molar-refractivity contribution in [2.45, 2.75) is 27.4 Å². The second-order valence-corrected chi connectivity index (χ2v) is 7.92. The molecule has 8 heteroatoms. The smallest absolute Gasteiger partial charge is 0.387 e. The van der Waals surface area contributed by atoms with Crippen LogP contribution < -0.4 is 24.2 Å². The quantitative estimate of drug-likeness (QED) is 0.777. The molecule has 0 atom stereocenters. The van der Waals surface area contributed by atoms with E-state index in [9.17, 15) is 18.4 Å². The van der Waals surface area contributed by atoms with E-state index in [1.807, 2.05) is 0 Å². The van der Waals surface area contributed by atoms with Gasteiger partial charge in [0.05, 0.1) is 11.6 Å². The van der Waals surface area contributed by atoms with Gasteiger partial charge in [-0.15, -0.1) is 11.3 Å². The third-order valence-electron chi connectivity index (χ3n) is 3.76. The number of thiazole rings is 1. The van der Waals surface area contributed by atoms with E-state index in [-0.39, 0.29) is 22.8 Å². The number of alkyl halides is 2. The van der Waals surface area contributed by atoms with Gasteiger partial charge in [0.25, 0.3) is 5.56 Å². The van der Waals surface area contributed by atoms with Crippen LogP contribution in [0, 0.1) is 5.41 Å². The lowest BCUT2D eigenvalue weighted by Crippen LogP contribution is -2.30. The zero-order valence-corrected chi connectivity index (χ0v) is 16.5. The molecule has 27 heavy (non-hydrogen) atoms. The molecule has 2 rings (SSSR count). The summed E-state index contributed by atoms with van der Waals surface area (Å²) in [7, 11) is 2.94. The molecule has 0 fully saturated rings. The van der Waals surface area contributed by atoms with Crippen molar-refractivity contribution in [2.24, 2.45) is 12.5 Å². The van der Waals surface area contributed by atoms with Crippen molar-refractivity contribution >= 4 is 29.3 Å². The Bertz CT molecular complexity index is 1020. The van der Waals surface area contributed by atoms with Crippen LogP contribution in [0.1, 0.15) is 26.3 Å². The zero-order chi connectivity index (χ0) is 20.4. The predicted molar refractivity (Wildman–Crippen MR) is 101 cm³/mol. The summed E-state index contributed by atoms with van der Waals surface area (Å²) >= 11 is 1.18. The average molecular weight is 397 g/mol. The van der Waals surface area contributed by atoms with Gasteiger partial charge in [-0.25, -0.2) is 0 Å². The number of rotatable bonds is 5. The third kappa shape index (κ3) is 5.03. The molecule has 1 aromatic carbocycles. The Labute approximate surface area is 159 Å². The first-order valence-electron chi connectivity index (χ1n) is 8.09. The fourth-order valence-corrected chi connectivity index (χ4v) is 3.19. The fraction of sp³-hybridized carbons (Fsp3) is 0.368. The van der Waals surface area contributed by atoms with Gasteiger partial charge in [0.1, 0.15) is 4.66 Å². The van der Waals surface area contributed by atoms with Gasteiger partial charge in [-0.3, -0.25) is 9.59 Å². The van der Waals surface area contributed by atoms with Gasteiger partial charge in [0.15, 0.2) is 17.3 Å². The summed E-state index contributed by atoms with van der Waals surface area (Å²) in [5, 5.41) is 0. The summed E-state index contributed by atoms with van der Waals surface area (Å²) < 4.78 is 36.6. The van der Waals surface area contributed by atoms with Crippen molar-refractivity contribution in [1.29, 1.82) is 0 Å². The summed E-state index contributed by atoms with van der Waals surface area (Å²) in [6, 6.07) is 4.40. The van der Waals surface area contributed by atoms with Crippen LogP contribution in [0.5, 0.6) is 11.5 Å². The molecule has 0 aliphatic carbocycles. The Balaban J connectivity index is 2.52. The van der Waals surface area contributed by atoms with Crippen LogP contribution in [0.15, 0.2) is 23.0 Å². The van der Waals surface area contributed by atoms with E-state index in [0.29, 0.717) is 14.8 Å². The van der Waals surface area contributed by atoms with Crippen molar-refractivity contribution in [2.75, 3.05) is 7.11 Å². The van der Waals surface area contributed by atoms with Crippen LogP contribution in [0.25, 0.3) is 12.2 Å². The third-order valence-corrected chi connectivity index (χ3v) is 4.87.